The van der Waals surface area contributed by atoms with Gasteiger partial charge in [0.05, 0.1) is 17.3 Å². The first-order chi connectivity index (χ1) is 9.20. The van der Waals surface area contributed by atoms with E-state index in [1.165, 1.54) is 6.07 Å². The molecule has 0 aliphatic carbocycles. The van der Waals surface area contributed by atoms with Crippen LogP contribution in [-0.4, -0.2) is 25.7 Å². The van der Waals surface area contributed by atoms with Gasteiger partial charge in [0.15, 0.2) is 5.75 Å². The molecule has 0 aliphatic rings. The number of nitro groups is 1. The van der Waals surface area contributed by atoms with Crippen molar-refractivity contribution < 1.29 is 18.1 Å². The SMILES string of the molecule is Cc1cc(C)c(OCCCCS(=O)(=O)Cl)c([N+](=O)[O-])c1. The van der Waals surface area contributed by atoms with E-state index in [4.69, 9.17) is 15.4 Å². The van der Waals surface area contributed by atoms with E-state index >= 15 is 0 Å². The second kappa shape index (κ2) is 6.90. The highest BCUT2D eigenvalue weighted by Gasteiger charge is 2.18. The number of hydrogen-bond donors (Lipinski definition) is 0. The van der Waals surface area contributed by atoms with Crippen molar-refractivity contribution in [3.63, 3.8) is 0 Å². The standard InChI is InChI=1S/C12H16ClNO5S/c1-9-7-10(2)12(11(8-9)14(15)16)19-5-3-4-6-20(13,17)18/h7-8H,3-6H2,1-2H3. The normalized spacial score (nSPS) is 11.3. The van der Waals surface area contributed by atoms with Gasteiger partial charge in [-0.05, 0) is 37.8 Å². The third kappa shape index (κ3) is 5.34. The minimum absolute atomic E-state index is 0.0764. The Morgan fingerprint density at radius 3 is 2.50 bits per heavy atom. The van der Waals surface area contributed by atoms with Crippen LogP contribution in [0.4, 0.5) is 5.69 Å². The molecule has 0 aromatic heterocycles. The first-order valence-electron chi connectivity index (χ1n) is 6.01. The first kappa shape index (κ1) is 16.7. The molecule has 0 radical (unpaired) electrons. The van der Waals surface area contributed by atoms with Crippen LogP contribution in [-0.2, 0) is 9.05 Å². The van der Waals surface area contributed by atoms with Crippen LogP contribution in [0.5, 0.6) is 5.75 Å². The van der Waals surface area contributed by atoms with Gasteiger partial charge >= 0.3 is 5.69 Å². The second-order valence-electron chi connectivity index (χ2n) is 4.49. The molecule has 0 spiro atoms. The summed E-state index contributed by atoms with van der Waals surface area (Å²) in [7, 11) is 1.58. The number of aryl methyl sites for hydroxylation is 2. The van der Waals surface area contributed by atoms with Gasteiger partial charge in [0.2, 0.25) is 9.05 Å². The molecule has 20 heavy (non-hydrogen) atoms. The van der Waals surface area contributed by atoms with Gasteiger partial charge in [-0.3, -0.25) is 10.1 Å². The van der Waals surface area contributed by atoms with Gasteiger partial charge < -0.3 is 4.74 Å². The number of rotatable bonds is 7. The van der Waals surface area contributed by atoms with E-state index in [0.29, 0.717) is 18.4 Å². The number of halogens is 1. The summed E-state index contributed by atoms with van der Waals surface area (Å²) < 4.78 is 26.9. The molecule has 0 saturated carbocycles. The minimum atomic E-state index is -3.50. The Labute approximate surface area is 122 Å². The molecule has 1 rings (SSSR count). The summed E-state index contributed by atoms with van der Waals surface area (Å²) in [6.45, 7) is 3.71. The van der Waals surface area contributed by atoms with Crippen LogP contribution >= 0.6 is 10.7 Å². The van der Waals surface area contributed by atoms with Crippen molar-refractivity contribution in [1.82, 2.24) is 0 Å². The van der Waals surface area contributed by atoms with Gasteiger partial charge in [-0.2, -0.15) is 0 Å². The molecule has 0 bridgehead atoms. The maximum Gasteiger partial charge on any atom is 0.311 e. The van der Waals surface area contributed by atoms with E-state index in [9.17, 15) is 18.5 Å². The number of nitrogens with zero attached hydrogens (tertiary/aromatic N) is 1. The summed E-state index contributed by atoms with van der Waals surface area (Å²) in [5.41, 5.74) is 1.39. The van der Waals surface area contributed by atoms with Crippen molar-refractivity contribution >= 4 is 25.4 Å². The molecule has 1 aromatic rings. The largest absolute Gasteiger partial charge is 0.487 e. The van der Waals surface area contributed by atoms with Crippen molar-refractivity contribution in [2.45, 2.75) is 26.7 Å². The Morgan fingerprint density at radius 2 is 1.95 bits per heavy atom. The van der Waals surface area contributed by atoms with Crippen LogP contribution < -0.4 is 4.74 Å². The average Bonchev–Trinajstić information content (AvgIpc) is 2.28. The molecule has 1 aromatic carbocycles. The Morgan fingerprint density at radius 1 is 1.30 bits per heavy atom. The molecular formula is C12H16ClNO5S. The fourth-order valence-electron chi connectivity index (χ4n) is 1.81. The molecule has 0 amide bonds. The van der Waals surface area contributed by atoms with Crippen molar-refractivity contribution in [2.24, 2.45) is 0 Å². The van der Waals surface area contributed by atoms with E-state index in [-0.39, 0.29) is 23.8 Å². The summed E-state index contributed by atoms with van der Waals surface area (Å²) in [5, 5.41) is 11.0. The van der Waals surface area contributed by atoms with Gasteiger partial charge in [-0.15, -0.1) is 0 Å². The quantitative estimate of drug-likeness (QED) is 0.333. The molecule has 0 N–H and O–H groups in total. The zero-order valence-corrected chi connectivity index (χ0v) is 12.8. The zero-order valence-electron chi connectivity index (χ0n) is 11.3. The van der Waals surface area contributed by atoms with E-state index in [2.05, 4.69) is 0 Å². The minimum Gasteiger partial charge on any atom is -0.487 e. The Bertz CT molecular complexity index is 600. The summed E-state index contributed by atoms with van der Waals surface area (Å²) in [4.78, 5) is 10.5. The number of ether oxygens (including phenoxy) is 1. The third-order valence-electron chi connectivity index (χ3n) is 2.62. The molecule has 112 valence electrons. The Balaban J connectivity index is 2.66. The van der Waals surface area contributed by atoms with Gasteiger partial charge in [0.1, 0.15) is 0 Å². The molecule has 0 fully saturated rings. The maximum atomic E-state index is 11.0. The zero-order chi connectivity index (χ0) is 15.3. The molecule has 0 atom stereocenters. The molecular weight excluding hydrogens is 306 g/mol. The molecule has 8 heteroatoms. The van der Waals surface area contributed by atoms with Crippen molar-refractivity contribution in [3.05, 3.63) is 33.4 Å². The topological polar surface area (TPSA) is 86.5 Å². The average molecular weight is 322 g/mol. The summed E-state index contributed by atoms with van der Waals surface area (Å²) in [6, 6.07) is 3.25. The Hall–Kier alpha value is -1.34. The van der Waals surface area contributed by atoms with Crippen LogP contribution in [0.15, 0.2) is 12.1 Å². The van der Waals surface area contributed by atoms with E-state index in [1.807, 2.05) is 0 Å². The molecule has 0 unspecified atom stereocenters. The van der Waals surface area contributed by atoms with E-state index in [0.717, 1.165) is 5.56 Å². The summed E-state index contributed by atoms with van der Waals surface area (Å²) in [6.07, 6.45) is 0.807. The first-order valence-corrected chi connectivity index (χ1v) is 8.49. The predicted molar refractivity (Wildman–Crippen MR) is 76.9 cm³/mol. The van der Waals surface area contributed by atoms with Crippen LogP contribution in [0.1, 0.15) is 24.0 Å². The van der Waals surface area contributed by atoms with Crippen molar-refractivity contribution in [3.8, 4) is 5.75 Å². The van der Waals surface area contributed by atoms with Gasteiger partial charge in [-0.1, -0.05) is 6.07 Å². The lowest BCUT2D eigenvalue weighted by Gasteiger charge is -2.10. The monoisotopic (exact) mass is 321 g/mol. The van der Waals surface area contributed by atoms with Crippen LogP contribution in [0, 0.1) is 24.0 Å². The smallest absolute Gasteiger partial charge is 0.311 e. The highest BCUT2D eigenvalue weighted by atomic mass is 35.7. The maximum absolute atomic E-state index is 11.0. The van der Waals surface area contributed by atoms with Crippen molar-refractivity contribution in [2.75, 3.05) is 12.4 Å². The lowest BCUT2D eigenvalue weighted by molar-refractivity contribution is -0.386. The molecule has 6 nitrogen and oxygen atoms in total. The number of unbranched alkanes of at least 4 members (excludes halogenated alkanes) is 1. The van der Waals surface area contributed by atoms with Gasteiger partial charge in [-0.25, -0.2) is 8.42 Å². The molecule has 0 saturated heterocycles. The molecule has 0 aliphatic heterocycles. The predicted octanol–water partition coefficient (Wildman–Crippen LogP) is 2.94. The number of nitro benzene ring substituents is 1. The van der Waals surface area contributed by atoms with E-state index in [1.54, 1.807) is 19.9 Å². The second-order valence-corrected chi connectivity index (χ2v) is 7.38. The van der Waals surface area contributed by atoms with Crippen LogP contribution in [0.2, 0.25) is 0 Å². The number of benzene rings is 1. The van der Waals surface area contributed by atoms with Crippen LogP contribution in [0.25, 0.3) is 0 Å². The number of hydrogen-bond acceptors (Lipinski definition) is 5. The lowest BCUT2D eigenvalue weighted by atomic mass is 10.1. The summed E-state index contributed by atoms with van der Waals surface area (Å²) in [5.74, 6) is 0.0988. The fourth-order valence-corrected chi connectivity index (χ4v) is 2.68. The Kier molecular flexibility index (Phi) is 5.76. The van der Waals surface area contributed by atoms with E-state index < -0.39 is 14.0 Å². The van der Waals surface area contributed by atoms with Crippen molar-refractivity contribution in [1.29, 1.82) is 0 Å². The third-order valence-corrected chi connectivity index (χ3v) is 3.86. The lowest BCUT2D eigenvalue weighted by Crippen LogP contribution is -2.05. The van der Waals surface area contributed by atoms with Gasteiger partial charge in [0.25, 0.3) is 0 Å². The summed E-state index contributed by atoms with van der Waals surface area (Å²) >= 11 is 0. The van der Waals surface area contributed by atoms with Gasteiger partial charge in [0, 0.05) is 16.7 Å². The highest BCUT2D eigenvalue weighted by molar-refractivity contribution is 8.13. The molecule has 0 heterocycles. The fraction of sp³-hybridized carbons (Fsp3) is 0.500. The van der Waals surface area contributed by atoms with Crippen LogP contribution in [0.3, 0.4) is 0 Å². The highest BCUT2D eigenvalue weighted by Crippen LogP contribution is 2.32.